The van der Waals surface area contributed by atoms with Gasteiger partial charge in [-0.1, -0.05) is 48.5 Å². The average Bonchev–Trinajstić information content (AvgIpc) is 3.25. The van der Waals surface area contributed by atoms with Crippen molar-refractivity contribution >= 4 is 23.2 Å². The van der Waals surface area contributed by atoms with Crippen LogP contribution in [0, 0.1) is 0 Å². The van der Waals surface area contributed by atoms with Gasteiger partial charge >= 0.3 is 0 Å². The van der Waals surface area contributed by atoms with Crippen molar-refractivity contribution in [2.24, 2.45) is 4.99 Å². The first-order valence-electron chi connectivity index (χ1n) is 10.1. The number of benzodiazepines with no additional fused rings is 1. The number of ether oxygens (including phenoxy) is 1. The molecule has 0 radical (unpaired) electrons. The number of nitrogens with one attached hydrogen (secondary N) is 1. The number of benzene rings is 2. The highest BCUT2D eigenvalue weighted by atomic mass is 16.5. The van der Waals surface area contributed by atoms with E-state index >= 15 is 0 Å². The number of amides is 2. The third-order valence-electron chi connectivity index (χ3n) is 5.30. The quantitative estimate of drug-likeness (QED) is 0.852. The molecule has 0 aromatic heterocycles. The second-order valence-electron chi connectivity index (χ2n) is 7.40. The lowest BCUT2D eigenvalue weighted by molar-refractivity contribution is -0.124. The zero-order valence-corrected chi connectivity index (χ0v) is 16.5. The van der Waals surface area contributed by atoms with Gasteiger partial charge in [0.05, 0.1) is 17.5 Å². The Hall–Kier alpha value is -2.99. The summed E-state index contributed by atoms with van der Waals surface area (Å²) in [4.78, 5) is 31.9. The first-order chi connectivity index (χ1) is 14.1. The van der Waals surface area contributed by atoms with Crippen molar-refractivity contribution in [2.45, 2.75) is 31.9 Å². The summed E-state index contributed by atoms with van der Waals surface area (Å²) >= 11 is 0. The molecule has 0 bridgehead atoms. The summed E-state index contributed by atoms with van der Waals surface area (Å²) in [6.45, 7) is 2.96. The molecule has 6 heteroatoms. The van der Waals surface area contributed by atoms with E-state index in [0.29, 0.717) is 12.2 Å². The van der Waals surface area contributed by atoms with Gasteiger partial charge in [-0.15, -0.1) is 0 Å². The highest BCUT2D eigenvalue weighted by molar-refractivity contribution is 6.20. The molecule has 2 unspecified atom stereocenters. The zero-order valence-electron chi connectivity index (χ0n) is 16.5. The molecule has 4 rings (SSSR count). The number of para-hydroxylation sites is 1. The molecule has 2 heterocycles. The molecular formula is C23H25N3O3. The number of carbonyl (C=O) groups excluding carboxylic acids is 2. The fourth-order valence-electron chi connectivity index (χ4n) is 3.79. The predicted molar refractivity (Wildman–Crippen MR) is 112 cm³/mol. The minimum absolute atomic E-state index is 0.0372. The molecule has 29 heavy (non-hydrogen) atoms. The van der Waals surface area contributed by atoms with Crippen LogP contribution in [-0.4, -0.2) is 49.4 Å². The van der Waals surface area contributed by atoms with Gasteiger partial charge in [-0.25, -0.2) is 0 Å². The van der Waals surface area contributed by atoms with Crippen molar-refractivity contribution in [3.63, 3.8) is 0 Å². The molecule has 1 N–H and O–H groups in total. The van der Waals surface area contributed by atoms with Crippen LogP contribution in [0.5, 0.6) is 0 Å². The lowest BCUT2D eigenvalue weighted by atomic mass is 10.0. The molecular weight excluding hydrogens is 366 g/mol. The first-order valence-corrected chi connectivity index (χ1v) is 10.1. The molecule has 2 aromatic rings. The smallest absolute Gasteiger partial charge is 0.252 e. The van der Waals surface area contributed by atoms with Crippen molar-refractivity contribution in [3.05, 3.63) is 65.7 Å². The largest absolute Gasteiger partial charge is 0.376 e. The third-order valence-corrected chi connectivity index (χ3v) is 5.30. The van der Waals surface area contributed by atoms with Crippen molar-refractivity contribution in [1.82, 2.24) is 5.32 Å². The summed E-state index contributed by atoms with van der Waals surface area (Å²) in [5.41, 5.74) is 3.27. The van der Waals surface area contributed by atoms with Gasteiger partial charge in [0.1, 0.15) is 12.6 Å². The summed E-state index contributed by atoms with van der Waals surface area (Å²) in [7, 11) is 0. The number of anilines is 1. The van der Waals surface area contributed by atoms with Crippen LogP contribution in [0.3, 0.4) is 0 Å². The maximum Gasteiger partial charge on any atom is 0.252 e. The van der Waals surface area contributed by atoms with E-state index in [-0.39, 0.29) is 24.5 Å². The van der Waals surface area contributed by atoms with Crippen LogP contribution in [-0.2, 0) is 14.3 Å². The van der Waals surface area contributed by atoms with Crippen LogP contribution in [0.1, 0.15) is 30.9 Å². The van der Waals surface area contributed by atoms with E-state index in [2.05, 4.69) is 5.32 Å². The van der Waals surface area contributed by atoms with Gasteiger partial charge in [-0.3, -0.25) is 14.6 Å². The van der Waals surface area contributed by atoms with Gasteiger partial charge in [0, 0.05) is 24.3 Å². The van der Waals surface area contributed by atoms with E-state index in [1.807, 2.05) is 54.6 Å². The van der Waals surface area contributed by atoms with E-state index in [1.54, 1.807) is 11.8 Å². The second-order valence-corrected chi connectivity index (χ2v) is 7.40. The van der Waals surface area contributed by atoms with Crippen LogP contribution in [0.2, 0.25) is 0 Å². The number of aliphatic imine (C=N–C) groups is 1. The van der Waals surface area contributed by atoms with Gasteiger partial charge in [0.15, 0.2) is 0 Å². The van der Waals surface area contributed by atoms with Crippen LogP contribution in [0.15, 0.2) is 59.6 Å². The standard InChI is InChI=1S/C23H25N3O3/c1-16-23(28)26(15-21(27)24-14-18-10-7-13-29-18)20-12-6-5-11-19(20)22(25-16)17-8-3-2-4-9-17/h2-6,8-9,11-12,16,18H,7,10,13-15H2,1H3,(H,24,27). The normalized spacial score (nSPS) is 21.3. The topological polar surface area (TPSA) is 71.0 Å². The third kappa shape index (κ3) is 4.22. The summed E-state index contributed by atoms with van der Waals surface area (Å²) in [6.07, 6.45) is 2.05. The highest BCUT2D eigenvalue weighted by Gasteiger charge is 2.30. The monoisotopic (exact) mass is 391 g/mol. The molecule has 2 atom stereocenters. The fraction of sp³-hybridized carbons (Fsp3) is 0.348. The number of carbonyl (C=O) groups is 2. The summed E-state index contributed by atoms with van der Waals surface area (Å²) in [6, 6.07) is 16.9. The Labute approximate surface area is 170 Å². The van der Waals surface area contributed by atoms with E-state index < -0.39 is 6.04 Å². The first kappa shape index (κ1) is 19.3. The summed E-state index contributed by atoms with van der Waals surface area (Å²) in [5.74, 6) is -0.380. The van der Waals surface area contributed by atoms with Crippen molar-refractivity contribution < 1.29 is 14.3 Å². The Kier molecular flexibility index (Phi) is 5.71. The molecule has 2 aliphatic heterocycles. The van der Waals surface area contributed by atoms with Crippen molar-refractivity contribution in [1.29, 1.82) is 0 Å². The molecule has 6 nitrogen and oxygen atoms in total. The molecule has 150 valence electrons. The molecule has 1 fully saturated rings. The average molecular weight is 391 g/mol. The predicted octanol–water partition coefficient (Wildman–Crippen LogP) is 2.55. The van der Waals surface area contributed by atoms with Gasteiger partial charge in [0.25, 0.3) is 5.91 Å². The van der Waals surface area contributed by atoms with Crippen LogP contribution < -0.4 is 10.2 Å². The van der Waals surface area contributed by atoms with Gasteiger partial charge in [-0.05, 0) is 25.8 Å². The Balaban J connectivity index is 1.60. The highest BCUT2D eigenvalue weighted by Crippen LogP contribution is 2.28. The Morgan fingerprint density at radius 2 is 1.93 bits per heavy atom. The Morgan fingerprint density at radius 3 is 2.69 bits per heavy atom. The maximum atomic E-state index is 13.1. The van der Waals surface area contributed by atoms with Crippen LogP contribution >= 0.6 is 0 Å². The fourth-order valence-corrected chi connectivity index (χ4v) is 3.79. The summed E-state index contributed by atoms with van der Waals surface area (Å²) < 4.78 is 5.56. The Bertz CT molecular complexity index is 920. The van der Waals surface area contributed by atoms with Crippen molar-refractivity contribution in [3.8, 4) is 0 Å². The van der Waals surface area contributed by atoms with Gasteiger partial charge in [0.2, 0.25) is 5.91 Å². The number of nitrogens with zero attached hydrogens (tertiary/aromatic N) is 2. The molecule has 2 amide bonds. The Morgan fingerprint density at radius 1 is 1.17 bits per heavy atom. The number of hydrogen-bond acceptors (Lipinski definition) is 4. The van der Waals surface area contributed by atoms with Crippen molar-refractivity contribution in [2.75, 3.05) is 24.6 Å². The van der Waals surface area contributed by atoms with E-state index in [1.165, 1.54) is 0 Å². The maximum absolute atomic E-state index is 13.1. The summed E-state index contributed by atoms with van der Waals surface area (Å²) in [5, 5.41) is 2.91. The number of hydrogen-bond donors (Lipinski definition) is 1. The molecule has 1 saturated heterocycles. The lowest BCUT2D eigenvalue weighted by Gasteiger charge is -2.24. The van der Waals surface area contributed by atoms with Crippen LogP contribution in [0.25, 0.3) is 0 Å². The number of fused-ring (bicyclic) bond motifs is 1. The van der Waals surface area contributed by atoms with Gasteiger partial charge < -0.3 is 15.0 Å². The van der Waals surface area contributed by atoms with Crippen LogP contribution in [0.4, 0.5) is 5.69 Å². The second kappa shape index (κ2) is 8.57. The minimum atomic E-state index is -0.580. The molecule has 2 aromatic carbocycles. The van der Waals surface area contributed by atoms with E-state index in [0.717, 1.165) is 36.3 Å². The SMILES string of the molecule is CC1N=C(c2ccccc2)c2ccccc2N(CC(=O)NCC2CCCO2)C1=O. The lowest BCUT2D eigenvalue weighted by Crippen LogP contribution is -2.45. The molecule has 0 spiro atoms. The molecule has 0 saturated carbocycles. The minimum Gasteiger partial charge on any atom is -0.376 e. The van der Waals surface area contributed by atoms with E-state index in [9.17, 15) is 9.59 Å². The molecule has 0 aliphatic carbocycles. The van der Waals surface area contributed by atoms with E-state index in [4.69, 9.17) is 9.73 Å². The number of rotatable bonds is 5. The van der Waals surface area contributed by atoms with Gasteiger partial charge in [-0.2, -0.15) is 0 Å². The molecule has 2 aliphatic rings. The zero-order chi connectivity index (χ0) is 20.2.